The number of benzene rings is 4. The highest BCUT2D eigenvalue weighted by Gasteiger charge is 2.32. The van der Waals surface area contributed by atoms with Crippen LogP contribution in [0, 0.1) is 5.92 Å². The quantitative estimate of drug-likeness (QED) is 0.124. The zero-order valence-corrected chi connectivity index (χ0v) is 39.2. The van der Waals surface area contributed by atoms with Gasteiger partial charge in [0.2, 0.25) is 11.9 Å². The molecule has 2 aromatic heterocycles. The van der Waals surface area contributed by atoms with Crippen molar-refractivity contribution in [2.24, 2.45) is 5.92 Å². The number of fused-ring (bicyclic) bond motifs is 2. The molecule has 0 radical (unpaired) electrons. The molecule has 3 saturated heterocycles. The average molecular weight is 927 g/mol. The van der Waals surface area contributed by atoms with E-state index in [1.54, 1.807) is 6.07 Å². The molecule has 6 aromatic rings. The van der Waals surface area contributed by atoms with Gasteiger partial charge in [-0.15, -0.1) is 5.10 Å². The van der Waals surface area contributed by atoms with Crippen molar-refractivity contribution in [3.05, 3.63) is 100 Å². The van der Waals surface area contributed by atoms with E-state index in [2.05, 4.69) is 71.1 Å². The predicted octanol–water partition coefficient (Wildman–Crippen LogP) is 6.87. The summed E-state index contributed by atoms with van der Waals surface area (Å²) in [5.74, 6) is 2.86. The van der Waals surface area contributed by atoms with Gasteiger partial charge in [-0.05, 0) is 78.4 Å². The first-order chi connectivity index (χ1) is 32.6. The minimum atomic E-state index is -0.278. The van der Waals surface area contributed by atoms with Gasteiger partial charge in [-0.3, -0.25) is 9.69 Å². The van der Waals surface area contributed by atoms with E-state index in [9.17, 15) is 20.1 Å². The van der Waals surface area contributed by atoms with Gasteiger partial charge in [-0.25, -0.2) is 9.55 Å². The van der Waals surface area contributed by atoms with E-state index in [1.165, 1.54) is 21.8 Å². The molecule has 0 saturated carbocycles. The van der Waals surface area contributed by atoms with Crippen LogP contribution in [0.2, 0.25) is 5.02 Å². The van der Waals surface area contributed by atoms with Gasteiger partial charge in [0.15, 0.2) is 5.82 Å². The summed E-state index contributed by atoms with van der Waals surface area (Å²) < 4.78 is 1.51. The Hall–Kier alpha value is -6.16. The van der Waals surface area contributed by atoms with Crippen molar-refractivity contribution in [3.8, 4) is 34.6 Å². The molecule has 3 fully saturated rings. The molecule has 0 unspecified atom stereocenters. The molecule has 4 aromatic carbocycles. The van der Waals surface area contributed by atoms with Crippen molar-refractivity contribution in [1.82, 2.24) is 39.4 Å². The van der Waals surface area contributed by atoms with Crippen LogP contribution in [0.25, 0.3) is 27.8 Å². The van der Waals surface area contributed by atoms with E-state index >= 15 is 0 Å². The van der Waals surface area contributed by atoms with Crippen LogP contribution in [0.1, 0.15) is 55.5 Å². The third kappa shape index (κ3) is 9.16. The maximum atomic E-state index is 12.6. The summed E-state index contributed by atoms with van der Waals surface area (Å²) in [4.78, 5) is 37.6. The van der Waals surface area contributed by atoms with Gasteiger partial charge < -0.3 is 39.8 Å². The number of amides is 1. The second kappa shape index (κ2) is 19.2. The summed E-state index contributed by atoms with van der Waals surface area (Å²) in [6, 6.07) is 23.2. The molecule has 67 heavy (non-hydrogen) atoms. The van der Waals surface area contributed by atoms with Gasteiger partial charge in [0.05, 0.1) is 28.5 Å². The van der Waals surface area contributed by atoms with Crippen molar-refractivity contribution in [3.63, 3.8) is 0 Å². The first-order valence-electron chi connectivity index (χ1n) is 24.0. The molecule has 15 nitrogen and oxygen atoms in total. The van der Waals surface area contributed by atoms with Crippen LogP contribution in [0.15, 0.2) is 72.8 Å². The molecule has 6 heterocycles. The fraction of sp³-hybridized carbons (Fsp3) is 0.431. The number of aromatic nitrogens is 5. The topological polar surface area (TPSA) is 154 Å². The number of hydrogen-bond acceptors (Lipinski definition) is 13. The molecule has 16 heteroatoms. The van der Waals surface area contributed by atoms with Gasteiger partial charge in [-0.1, -0.05) is 66.9 Å². The number of halogens is 1. The van der Waals surface area contributed by atoms with Gasteiger partial charge in [0, 0.05) is 114 Å². The maximum Gasteiger partial charge on any atom is 0.319 e. The first-order valence-corrected chi connectivity index (χ1v) is 24.3. The molecule has 0 aliphatic carbocycles. The Balaban J connectivity index is 0.765. The van der Waals surface area contributed by atoms with Crippen LogP contribution >= 0.6 is 11.6 Å². The minimum Gasteiger partial charge on any atom is -0.508 e. The number of carbonyl (C=O) groups excluding carboxylic acids is 1. The van der Waals surface area contributed by atoms with E-state index < -0.39 is 0 Å². The zero-order valence-electron chi connectivity index (χ0n) is 38.5. The molecule has 0 atom stereocenters. The number of hydrogen-bond donors (Lipinski definition) is 3. The fourth-order valence-corrected chi connectivity index (χ4v) is 10.8. The molecule has 3 N–H and O–H groups in total. The van der Waals surface area contributed by atoms with Crippen LogP contribution in [-0.2, 0) is 30.7 Å². The van der Waals surface area contributed by atoms with Gasteiger partial charge in [0.1, 0.15) is 17.3 Å². The van der Waals surface area contributed by atoms with Crippen molar-refractivity contribution in [2.75, 3.05) is 93.2 Å². The first kappa shape index (κ1) is 44.7. The number of piperazine rings is 2. The number of aryl methyl sites for hydroxylation is 1. The fourth-order valence-electron chi connectivity index (χ4n) is 10.5. The van der Waals surface area contributed by atoms with Gasteiger partial charge in [-0.2, -0.15) is 4.98 Å². The lowest BCUT2D eigenvalue weighted by atomic mass is 9.96. The second-order valence-corrected chi connectivity index (χ2v) is 18.9. The van der Waals surface area contributed by atoms with Crippen LogP contribution in [0.3, 0.4) is 0 Å². The molecule has 10 rings (SSSR count). The summed E-state index contributed by atoms with van der Waals surface area (Å²) in [5.41, 5.74) is 6.35. The lowest BCUT2D eigenvalue weighted by Crippen LogP contribution is -2.50. The molecular weight excluding hydrogens is 866 g/mol. The monoisotopic (exact) mass is 925 g/mol. The lowest BCUT2D eigenvalue weighted by molar-refractivity contribution is -0.131. The van der Waals surface area contributed by atoms with E-state index in [0.717, 1.165) is 130 Å². The van der Waals surface area contributed by atoms with E-state index in [1.807, 2.05) is 43.0 Å². The van der Waals surface area contributed by atoms with Crippen molar-refractivity contribution in [1.29, 1.82) is 0 Å². The maximum absolute atomic E-state index is 12.6. The zero-order chi connectivity index (χ0) is 46.2. The normalized spacial score (nSPS) is 17.7. The average Bonchev–Trinajstić information content (AvgIpc) is 3.74. The SMILES string of the molecule is CCC(=O)N1CCN(c2nc(N3CCC(CN4CCN(Cc5ccc(-n6c(O)nnc6-c6cc(CC)c(O)cc6O)cc5)CC4)CC3)nc3c2CCN(c2cccc4cccc(Cl)c24)C3)CC1. The van der Waals surface area contributed by atoms with Crippen molar-refractivity contribution in [2.45, 2.75) is 59.0 Å². The molecule has 4 aliphatic heterocycles. The Kier molecular flexibility index (Phi) is 12.8. The molecule has 0 bridgehead atoms. The number of phenolic OH excluding ortho intramolecular Hbond substituents is 2. The number of anilines is 3. The summed E-state index contributed by atoms with van der Waals surface area (Å²) in [7, 11) is 0. The van der Waals surface area contributed by atoms with E-state index in [-0.39, 0.29) is 23.4 Å². The largest absolute Gasteiger partial charge is 0.508 e. The van der Waals surface area contributed by atoms with Crippen LogP contribution < -0.4 is 14.7 Å². The molecule has 1 amide bonds. The van der Waals surface area contributed by atoms with Gasteiger partial charge in [0.25, 0.3) is 0 Å². The molecule has 4 aliphatic rings. The Bertz CT molecular complexity index is 2740. The number of aromatic hydroxyl groups is 3. The number of phenols is 2. The van der Waals surface area contributed by atoms with E-state index in [4.69, 9.17) is 21.6 Å². The Morgan fingerprint density at radius 2 is 1.48 bits per heavy atom. The summed E-state index contributed by atoms with van der Waals surface area (Å²) in [6.45, 7) is 16.2. The van der Waals surface area contributed by atoms with Crippen molar-refractivity contribution < 1.29 is 20.1 Å². The van der Waals surface area contributed by atoms with Crippen LogP contribution in [0.4, 0.5) is 17.5 Å². The third-order valence-corrected chi connectivity index (χ3v) is 14.7. The van der Waals surface area contributed by atoms with Crippen LogP contribution in [0.5, 0.6) is 17.5 Å². The summed E-state index contributed by atoms with van der Waals surface area (Å²) >= 11 is 6.82. The molecule has 0 spiro atoms. The Morgan fingerprint density at radius 3 is 2.21 bits per heavy atom. The third-order valence-electron chi connectivity index (χ3n) is 14.4. The standard InChI is InChI=1S/C51H60ClN11O4/c1-3-36-29-40(45(65)30-44(36)64)49-55-56-51(67)63(49)38-13-11-34(12-14-38)31-57-21-23-58(24-22-57)32-35-15-18-61(19-16-35)50-53-42-33-62(43-10-6-8-37-7-5-9-41(52)47(37)43)20-17-39(42)48(54-50)60-27-25-59(26-28-60)46(66)4-2/h5-14,29-30,35,64-65H,3-4,15-28,31-33H2,1-2H3,(H,56,67). The number of piperidine rings is 1. The van der Waals surface area contributed by atoms with Crippen LogP contribution in [-0.4, -0.2) is 139 Å². The number of carbonyl (C=O) groups is 1. The molecular formula is C51H60ClN11O4. The van der Waals surface area contributed by atoms with Gasteiger partial charge >= 0.3 is 6.01 Å². The highest BCUT2D eigenvalue weighted by Crippen LogP contribution is 2.39. The van der Waals surface area contributed by atoms with E-state index in [0.29, 0.717) is 61.0 Å². The minimum absolute atomic E-state index is 0.0170. The number of nitrogens with zero attached hydrogens (tertiary/aromatic N) is 11. The summed E-state index contributed by atoms with van der Waals surface area (Å²) in [6.07, 6.45) is 4.13. The van der Waals surface area contributed by atoms with Crippen molar-refractivity contribution >= 4 is 45.7 Å². The molecule has 350 valence electrons. The highest BCUT2D eigenvalue weighted by atomic mass is 35.5. The number of rotatable bonds is 11. The second-order valence-electron chi connectivity index (χ2n) is 18.5. The Labute approximate surface area is 396 Å². The summed E-state index contributed by atoms with van der Waals surface area (Å²) in [5, 5.41) is 42.6. The Morgan fingerprint density at radius 1 is 0.746 bits per heavy atom. The lowest BCUT2D eigenvalue weighted by Gasteiger charge is -2.40. The smallest absolute Gasteiger partial charge is 0.319 e. The predicted molar refractivity (Wildman–Crippen MR) is 263 cm³/mol. The highest BCUT2D eigenvalue weighted by molar-refractivity contribution is 6.36.